The molecule has 1 aromatic rings. The summed E-state index contributed by atoms with van der Waals surface area (Å²) in [6, 6.07) is 6.55. The number of carbonyl (C=O) groups excluding carboxylic acids is 2. The molecule has 0 bridgehead atoms. The summed E-state index contributed by atoms with van der Waals surface area (Å²) in [4.78, 5) is 23.4. The van der Waals surface area contributed by atoms with Crippen molar-refractivity contribution in [3.05, 3.63) is 28.7 Å². The van der Waals surface area contributed by atoms with E-state index in [4.69, 9.17) is 4.74 Å². The summed E-state index contributed by atoms with van der Waals surface area (Å²) in [6.45, 7) is -0.150. The molecule has 1 rings (SSSR count). The van der Waals surface area contributed by atoms with Crippen molar-refractivity contribution in [3.8, 4) is 5.75 Å². The normalized spacial score (nSPS) is 11.6. The molecule has 1 amide bonds. The molecule has 0 radical (unpaired) electrons. The highest BCUT2D eigenvalue weighted by Gasteiger charge is 2.21. The number of carbonyl (C=O) groups is 2. The van der Waals surface area contributed by atoms with E-state index >= 15 is 0 Å². The van der Waals surface area contributed by atoms with Gasteiger partial charge in [-0.2, -0.15) is 11.8 Å². The van der Waals surface area contributed by atoms with Crippen molar-refractivity contribution in [2.45, 2.75) is 12.5 Å². The van der Waals surface area contributed by atoms with Gasteiger partial charge in [-0.05, 0) is 36.6 Å². The monoisotopic (exact) mass is 375 g/mol. The van der Waals surface area contributed by atoms with Gasteiger partial charge in [0.05, 0.1) is 7.11 Å². The van der Waals surface area contributed by atoms with Gasteiger partial charge in [0.15, 0.2) is 6.61 Å². The Morgan fingerprint density at radius 3 is 2.81 bits per heavy atom. The lowest BCUT2D eigenvalue weighted by molar-refractivity contribution is -0.145. The van der Waals surface area contributed by atoms with Crippen LogP contribution in [0.5, 0.6) is 5.75 Å². The van der Waals surface area contributed by atoms with Gasteiger partial charge in [-0.3, -0.25) is 4.79 Å². The Morgan fingerprint density at radius 1 is 1.43 bits per heavy atom. The molecule has 7 heteroatoms. The number of thioether (sulfide) groups is 1. The van der Waals surface area contributed by atoms with Crippen LogP contribution in [-0.2, 0) is 14.3 Å². The van der Waals surface area contributed by atoms with Crippen molar-refractivity contribution >= 4 is 39.6 Å². The summed E-state index contributed by atoms with van der Waals surface area (Å²) in [5.74, 6) is 0.539. The Labute approximate surface area is 136 Å². The van der Waals surface area contributed by atoms with E-state index in [1.807, 2.05) is 18.4 Å². The lowest BCUT2D eigenvalue weighted by Gasteiger charge is -2.16. The van der Waals surface area contributed by atoms with Crippen LogP contribution in [0.4, 0.5) is 0 Å². The number of amides is 1. The van der Waals surface area contributed by atoms with E-state index in [-0.39, 0.29) is 12.5 Å². The molecular weight excluding hydrogens is 358 g/mol. The van der Waals surface area contributed by atoms with Gasteiger partial charge in [-0.1, -0.05) is 22.0 Å². The second-order valence-electron chi connectivity index (χ2n) is 4.17. The second kappa shape index (κ2) is 9.68. The Balaban J connectivity index is 2.47. The summed E-state index contributed by atoms with van der Waals surface area (Å²) in [5.41, 5.74) is 0. The molecule has 0 aliphatic heterocycles. The number of esters is 1. The second-order valence-corrected chi connectivity index (χ2v) is 6.07. The molecule has 0 unspecified atom stereocenters. The highest BCUT2D eigenvalue weighted by atomic mass is 79.9. The highest BCUT2D eigenvalue weighted by molar-refractivity contribution is 9.10. The fourth-order valence-corrected chi connectivity index (χ4v) is 2.42. The average molecular weight is 376 g/mol. The largest absolute Gasteiger partial charge is 0.484 e. The fourth-order valence-electron chi connectivity index (χ4n) is 1.57. The van der Waals surface area contributed by atoms with E-state index in [9.17, 15) is 9.59 Å². The van der Waals surface area contributed by atoms with Gasteiger partial charge in [-0.15, -0.1) is 0 Å². The molecule has 0 aliphatic carbocycles. The van der Waals surface area contributed by atoms with E-state index in [0.717, 1.165) is 10.2 Å². The van der Waals surface area contributed by atoms with Crippen LogP contribution >= 0.6 is 27.7 Å². The van der Waals surface area contributed by atoms with Gasteiger partial charge in [0, 0.05) is 4.47 Å². The van der Waals surface area contributed by atoms with Crippen molar-refractivity contribution in [1.82, 2.24) is 5.32 Å². The van der Waals surface area contributed by atoms with Crippen LogP contribution in [0.2, 0.25) is 0 Å². The van der Waals surface area contributed by atoms with Gasteiger partial charge >= 0.3 is 5.97 Å². The van der Waals surface area contributed by atoms with Crippen LogP contribution in [0.25, 0.3) is 0 Å². The van der Waals surface area contributed by atoms with Crippen molar-refractivity contribution in [3.63, 3.8) is 0 Å². The summed E-state index contributed by atoms with van der Waals surface area (Å²) < 4.78 is 10.9. The van der Waals surface area contributed by atoms with Gasteiger partial charge in [0.2, 0.25) is 0 Å². The Morgan fingerprint density at radius 2 is 2.19 bits per heavy atom. The predicted molar refractivity (Wildman–Crippen MR) is 86.6 cm³/mol. The van der Waals surface area contributed by atoms with Crippen LogP contribution in [-0.4, -0.2) is 43.6 Å². The van der Waals surface area contributed by atoms with E-state index in [0.29, 0.717) is 12.2 Å². The SMILES string of the molecule is COC(=O)[C@@H](CCSC)NC(=O)COc1cccc(Br)c1. The molecule has 1 N–H and O–H groups in total. The maximum atomic E-state index is 11.8. The molecular formula is C14H18BrNO4S. The molecule has 116 valence electrons. The number of hydrogen-bond donors (Lipinski definition) is 1. The zero-order valence-electron chi connectivity index (χ0n) is 11.9. The van der Waals surface area contributed by atoms with E-state index < -0.39 is 12.0 Å². The first kappa shape index (κ1) is 17.8. The Bertz CT molecular complexity index is 484. The van der Waals surface area contributed by atoms with E-state index in [1.165, 1.54) is 7.11 Å². The number of halogens is 1. The summed E-state index contributed by atoms with van der Waals surface area (Å²) in [7, 11) is 1.30. The molecule has 21 heavy (non-hydrogen) atoms. The molecule has 0 spiro atoms. The van der Waals surface area contributed by atoms with Gasteiger partial charge in [0.1, 0.15) is 11.8 Å². The van der Waals surface area contributed by atoms with Crippen molar-refractivity contribution in [1.29, 1.82) is 0 Å². The van der Waals surface area contributed by atoms with Gasteiger partial charge in [0.25, 0.3) is 5.91 Å². The Kier molecular flexibility index (Phi) is 8.22. The van der Waals surface area contributed by atoms with Gasteiger partial charge < -0.3 is 14.8 Å². The standard InChI is InChI=1S/C14H18BrNO4S/c1-19-14(18)12(6-7-21-2)16-13(17)9-20-11-5-3-4-10(15)8-11/h3-5,8,12H,6-7,9H2,1-2H3,(H,16,17)/t12-/m1/s1. The molecule has 0 fully saturated rings. The molecule has 5 nitrogen and oxygen atoms in total. The molecule has 0 saturated carbocycles. The molecule has 0 heterocycles. The molecule has 0 saturated heterocycles. The fraction of sp³-hybridized carbons (Fsp3) is 0.429. The van der Waals surface area contributed by atoms with Crippen LogP contribution in [0.1, 0.15) is 6.42 Å². The van der Waals surface area contributed by atoms with E-state index in [1.54, 1.807) is 23.9 Å². The molecule has 1 aromatic carbocycles. The quantitative estimate of drug-likeness (QED) is 0.705. The molecule has 0 aromatic heterocycles. The van der Waals surface area contributed by atoms with Gasteiger partial charge in [-0.25, -0.2) is 4.79 Å². The highest BCUT2D eigenvalue weighted by Crippen LogP contribution is 2.17. The maximum absolute atomic E-state index is 11.8. The smallest absolute Gasteiger partial charge is 0.328 e. The number of methoxy groups -OCH3 is 1. The third-order valence-corrected chi connectivity index (χ3v) is 3.73. The third-order valence-electron chi connectivity index (χ3n) is 2.60. The van der Waals surface area contributed by atoms with Crippen LogP contribution < -0.4 is 10.1 Å². The first-order valence-corrected chi connectivity index (χ1v) is 8.50. The number of ether oxygens (including phenoxy) is 2. The number of hydrogen-bond acceptors (Lipinski definition) is 5. The van der Waals surface area contributed by atoms with Crippen LogP contribution in [0, 0.1) is 0 Å². The topological polar surface area (TPSA) is 64.6 Å². The molecule has 1 atom stereocenters. The zero-order valence-corrected chi connectivity index (χ0v) is 14.3. The summed E-state index contributed by atoms with van der Waals surface area (Å²) in [6.07, 6.45) is 2.46. The lowest BCUT2D eigenvalue weighted by atomic mass is 10.2. The third kappa shape index (κ3) is 6.86. The number of benzene rings is 1. The minimum atomic E-state index is -0.638. The van der Waals surface area contributed by atoms with Crippen molar-refractivity contribution in [2.24, 2.45) is 0 Å². The van der Waals surface area contributed by atoms with Crippen LogP contribution in [0.3, 0.4) is 0 Å². The maximum Gasteiger partial charge on any atom is 0.328 e. The minimum Gasteiger partial charge on any atom is -0.484 e. The predicted octanol–water partition coefficient (Wildman–Crippen LogP) is 2.24. The van der Waals surface area contributed by atoms with E-state index in [2.05, 4.69) is 26.0 Å². The zero-order chi connectivity index (χ0) is 15.7. The van der Waals surface area contributed by atoms with Crippen molar-refractivity contribution < 1.29 is 19.1 Å². The first-order valence-electron chi connectivity index (χ1n) is 6.31. The number of nitrogens with one attached hydrogen (secondary N) is 1. The summed E-state index contributed by atoms with van der Waals surface area (Å²) >= 11 is 4.92. The Hall–Kier alpha value is -1.21. The lowest BCUT2D eigenvalue weighted by Crippen LogP contribution is -2.43. The average Bonchev–Trinajstić information content (AvgIpc) is 2.48. The van der Waals surface area contributed by atoms with Crippen molar-refractivity contribution in [2.75, 3.05) is 25.7 Å². The number of rotatable bonds is 8. The van der Waals surface area contributed by atoms with Crippen LogP contribution in [0.15, 0.2) is 28.7 Å². The first-order chi connectivity index (χ1) is 10.1. The molecule has 0 aliphatic rings. The summed E-state index contributed by atoms with van der Waals surface area (Å²) in [5, 5.41) is 2.62. The minimum absolute atomic E-state index is 0.150.